The Bertz CT molecular complexity index is 510. The summed E-state index contributed by atoms with van der Waals surface area (Å²) in [6.45, 7) is 7.25. The van der Waals surface area contributed by atoms with Gasteiger partial charge >= 0.3 is 0 Å². The van der Waals surface area contributed by atoms with Crippen LogP contribution in [-0.4, -0.2) is 75.9 Å². The van der Waals surface area contributed by atoms with Gasteiger partial charge in [0.15, 0.2) is 5.96 Å². The minimum Gasteiger partial charge on any atom is -0.382 e. The Balaban J connectivity index is 0.00000420. The van der Waals surface area contributed by atoms with Crippen molar-refractivity contribution in [1.82, 2.24) is 15.5 Å². The fourth-order valence-electron chi connectivity index (χ4n) is 4.40. The molecular formula is C21H41IN4O3. The van der Waals surface area contributed by atoms with Crippen molar-refractivity contribution >= 4 is 35.8 Å². The van der Waals surface area contributed by atoms with E-state index >= 15 is 0 Å². The lowest BCUT2D eigenvalue weighted by molar-refractivity contribution is -0.145. The zero-order valence-electron chi connectivity index (χ0n) is 18.7. The first-order valence-corrected chi connectivity index (χ1v) is 11.0. The number of carbonyl (C=O) groups excluding carboxylic acids is 1. The van der Waals surface area contributed by atoms with Crippen molar-refractivity contribution in [3.63, 3.8) is 0 Å². The quantitative estimate of drug-likeness (QED) is 0.199. The molecule has 0 bridgehead atoms. The van der Waals surface area contributed by atoms with Gasteiger partial charge in [0.2, 0.25) is 5.91 Å². The van der Waals surface area contributed by atoms with Gasteiger partial charge in [0.1, 0.15) is 6.54 Å². The molecule has 2 atom stereocenters. The first-order chi connectivity index (χ1) is 13.5. The Morgan fingerprint density at radius 1 is 1.17 bits per heavy atom. The molecule has 2 unspecified atom stereocenters. The molecule has 1 spiro atoms. The highest BCUT2D eigenvalue weighted by molar-refractivity contribution is 14.0. The lowest BCUT2D eigenvalue weighted by Crippen LogP contribution is -2.66. The smallest absolute Gasteiger partial charge is 0.243 e. The van der Waals surface area contributed by atoms with E-state index < -0.39 is 0 Å². The maximum absolute atomic E-state index is 12.0. The summed E-state index contributed by atoms with van der Waals surface area (Å²) in [7, 11) is 3.52. The van der Waals surface area contributed by atoms with Crippen molar-refractivity contribution < 1.29 is 14.3 Å². The fraction of sp³-hybridized carbons (Fsp3) is 0.905. The van der Waals surface area contributed by atoms with Crippen LogP contribution in [0, 0.1) is 5.41 Å². The molecule has 2 N–H and O–H groups in total. The van der Waals surface area contributed by atoms with E-state index in [1.807, 2.05) is 6.92 Å². The Morgan fingerprint density at radius 3 is 2.52 bits per heavy atom. The van der Waals surface area contributed by atoms with Gasteiger partial charge in [-0.25, -0.2) is 4.99 Å². The van der Waals surface area contributed by atoms with Gasteiger partial charge in [0.25, 0.3) is 0 Å². The maximum Gasteiger partial charge on any atom is 0.243 e. The standard InChI is InChI=1S/C21H40N4O3.HI/c1-5-27-14-10-13-22-20(23-16-19(26)25(3)4)24-17-15-18(28-6-2)21(17)11-8-7-9-12-21;/h17-18H,5-16H2,1-4H3,(H2,22,23,24);1H. The fourth-order valence-corrected chi connectivity index (χ4v) is 4.40. The summed E-state index contributed by atoms with van der Waals surface area (Å²) < 4.78 is 11.5. The average Bonchev–Trinajstić information content (AvgIpc) is 2.70. The molecule has 0 aromatic rings. The molecule has 0 aromatic heterocycles. The SMILES string of the molecule is CCOCCCNC(=NCC(=O)N(C)C)NC1CC(OCC)C12CCCCC2.I. The number of amides is 1. The highest BCUT2D eigenvalue weighted by Gasteiger charge is 2.55. The predicted molar refractivity (Wildman–Crippen MR) is 128 cm³/mol. The maximum atomic E-state index is 12.0. The number of hydrogen-bond acceptors (Lipinski definition) is 4. The van der Waals surface area contributed by atoms with Crippen LogP contribution in [0.5, 0.6) is 0 Å². The van der Waals surface area contributed by atoms with E-state index in [1.54, 1.807) is 19.0 Å². The van der Waals surface area contributed by atoms with Crippen LogP contribution in [0.15, 0.2) is 4.99 Å². The van der Waals surface area contributed by atoms with E-state index in [0.717, 1.165) is 45.2 Å². The monoisotopic (exact) mass is 524 g/mol. The second kappa shape index (κ2) is 13.6. The van der Waals surface area contributed by atoms with Crippen LogP contribution in [0.2, 0.25) is 0 Å². The lowest BCUT2D eigenvalue weighted by Gasteiger charge is -2.58. The minimum absolute atomic E-state index is 0. The Kier molecular flexibility index (Phi) is 12.4. The molecule has 7 nitrogen and oxygen atoms in total. The summed E-state index contributed by atoms with van der Waals surface area (Å²) in [5, 5.41) is 7.02. The molecule has 2 aliphatic rings. The average molecular weight is 524 g/mol. The highest BCUT2D eigenvalue weighted by atomic mass is 127. The molecule has 2 fully saturated rings. The number of carbonyl (C=O) groups is 1. The first-order valence-electron chi connectivity index (χ1n) is 11.0. The third-order valence-corrected chi connectivity index (χ3v) is 6.08. The van der Waals surface area contributed by atoms with Gasteiger partial charge in [0, 0.05) is 51.9 Å². The number of guanidine groups is 1. The number of nitrogens with one attached hydrogen (secondary N) is 2. The summed E-state index contributed by atoms with van der Waals surface area (Å²) in [6, 6.07) is 0.358. The van der Waals surface area contributed by atoms with Crippen LogP contribution >= 0.6 is 24.0 Å². The van der Waals surface area contributed by atoms with E-state index in [1.165, 1.54) is 32.1 Å². The molecule has 1 amide bonds. The van der Waals surface area contributed by atoms with Crippen LogP contribution < -0.4 is 10.6 Å². The largest absolute Gasteiger partial charge is 0.382 e. The van der Waals surface area contributed by atoms with Crippen molar-refractivity contribution in [2.75, 3.05) is 47.0 Å². The van der Waals surface area contributed by atoms with Gasteiger partial charge in [-0.3, -0.25) is 4.79 Å². The molecule has 2 aliphatic carbocycles. The van der Waals surface area contributed by atoms with Crippen molar-refractivity contribution in [2.24, 2.45) is 10.4 Å². The Labute approximate surface area is 193 Å². The van der Waals surface area contributed by atoms with E-state index in [9.17, 15) is 4.79 Å². The summed E-state index contributed by atoms with van der Waals surface area (Å²) in [5.74, 6) is 0.736. The van der Waals surface area contributed by atoms with Crippen LogP contribution in [0.25, 0.3) is 0 Å². The van der Waals surface area contributed by atoms with Crippen molar-refractivity contribution in [3.8, 4) is 0 Å². The first kappa shape index (κ1) is 26.4. The van der Waals surface area contributed by atoms with Crippen LogP contribution in [0.4, 0.5) is 0 Å². The molecule has 0 aliphatic heterocycles. The van der Waals surface area contributed by atoms with Crippen LogP contribution in [0.3, 0.4) is 0 Å². The molecule has 8 heteroatoms. The van der Waals surface area contributed by atoms with Crippen LogP contribution in [-0.2, 0) is 14.3 Å². The molecule has 0 saturated heterocycles. The van der Waals surface area contributed by atoms with Crippen molar-refractivity contribution in [2.45, 2.75) is 70.9 Å². The van der Waals surface area contributed by atoms with Gasteiger partial charge in [-0.15, -0.1) is 24.0 Å². The zero-order chi connectivity index (χ0) is 20.4. The normalized spacial score (nSPS) is 23.1. The second-order valence-corrected chi connectivity index (χ2v) is 8.10. The summed E-state index contributed by atoms with van der Waals surface area (Å²) in [6.07, 6.45) is 8.55. The van der Waals surface area contributed by atoms with Crippen LogP contribution in [0.1, 0.15) is 58.8 Å². The molecule has 0 aromatic carbocycles. The minimum atomic E-state index is 0. The topological polar surface area (TPSA) is 75.2 Å². The Hall–Kier alpha value is -0.610. The predicted octanol–water partition coefficient (Wildman–Crippen LogP) is 2.78. The Morgan fingerprint density at radius 2 is 1.90 bits per heavy atom. The molecule has 0 heterocycles. The number of likely N-dealkylation sites (N-methyl/N-ethyl adjacent to an activating group) is 1. The lowest BCUT2D eigenvalue weighted by atomic mass is 9.55. The number of rotatable bonds is 10. The molecule has 170 valence electrons. The highest BCUT2D eigenvalue weighted by Crippen LogP contribution is 2.53. The molecule has 2 rings (SSSR count). The number of ether oxygens (including phenoxy) is 2. The van der Waals surface area contributed by atoms with E-state index in [4.69, 9.17) is 9.47 Å². The van der Waals surface area contributed by atoms with E-state index in [-0.39, 0.29) is 41.8 Å². The molecule has 2 saturated carbocycles. The number of hydrogen-bond donors (Lipinski definition) is 2. The van der Waals surface area contributed by atoms with Crippen molar-refractivity contribution in [1.29, 1.82) is 0 Å². The van der Waals surface area contributed by atoms with Gasteiger partial charge in [0.05, 0.1) is 6.10 Å². The molecule has 29 heavy (non-hydrogen) atoms. The number of aliphatic imine (C=N–C) groups is 1. The zero-order valence-corrected chi connectivity index (χ0v) is 21.0. The van der Waals surface area contributed by atoms with E-state index in [0.29, 0.717) is 12.1 Å². The molecule has 0 radical (unpaired) electrons. The summed E-state index contributed by atoms with van der Waals surface area (Å²) >= 11 is 0. The van der Waals surface area contributed by atoms with Gasteiger partial charge in [-0.1, -0.05) is 19.3 Å². The summed E-state index contributed by atoms with van der Waals surface area (Å²) in [4.78, 5) is 18.1. The third kappa shape index (κ3) is 7.54. The number of nitrogens with zero attached hydrogens (tertiary/aromatic N) is 2. The van der Waals surface area contributed by atoms with Gasteiger partial charge in [-0.05, 0) is 39.5 Å². The second-order valence-electron chi connectivity index (χ2n) is 8.10. The molecular weight excluding hydrogens is 483 g/mol. The van der Waals surface area contributed by atoms with Gasteiger partial charge in [-0.2, -0.15) is 0 Å². The van der Waals surface area contributed by atoms with Crippen molar-refractivity contribution in [3.05, 3.63) is 0 Å². The summed E-state index contributed by atoms with van der Waals surface area (Å²) in [5.41, 5.74) is 0.216. The van der Waals surface area contributed by atoms with E-state index in [2.05, 4.69) is 22.5 Å². The van der Waals surface area contributed by atoms with Gasteiger partial charge < -0.3 is 25.0 Å². The third-order valence-electron chi connectivity index (χ3n) is 6.08. The number of halogens is 1.